The number of hydrogen-bond acceptors (Lipinski definition) is 8. The maximum atomic E-state index is 12.1. The molecule has 10 heteroatoms. The van der Waals surface area contributed by atoms with E-state index in [2.05, 4.69) is 20.3 Å². The Hall–Kier alpha value is -2.20. The fourth-order valence-electron chi connectivity index (χ4n) is 1.97. The Bertz CT molecular complexity index is 876. The predicted molar refractivity (Wildman–Crippen MR) is 101 cm³/mol. The Balaban J connectivity index is 1.94. The van der Waals surface area contributed by atoms with E-state index >= 15 is 0 Å². The summed E-state index contributed by atoms with van der Waals surface area (Å²) in [7, 11) is 0. The number of thioether (sulfide) groups is 1. The van der Waals surface area contributed by atoms with Gasteiger partial charge in [0, 0.05) is 16.1 Å². The maximum absolute atomic E-state index is 12.1. The van der Waals surface area contributed by atoms with Crippen LogP contribution in [0.1, 0.15) is 28.8 Å². The van der Waals surface area contributed by atoms with E-state index in [0.717, 1.165) is 16.6 Å². The molecule has 2 aromatic heterocycles. The first-order valence-corrected chi connectivity index (χ1v) is 9.72. The number of anilines is 1. The van der Waals surface area contributed by atoms with Crippen LogP contribution in [0.5, 0.6) is 0 Å². The number of ether oxygens (including phenoxy) is 1. The highest BCUT2D eigenvalue weighted by Crippen LogP contribution is 2.24. The Labute approximate surface area is 158 Å². The van der Waals surface area contributed by atoms with Gasteiger partial charge in [-0.05, 0) is 27.7 Å². The number of hydrogen-bond donors (Lipinski definition) is 2. The highest BCUT2D eigenvalue weighted by Gasteiger charge is 2.15. The van der Waals surface area contributed by atoms with Crippen molar-refractivity contribution in [3.05, 3.63) is 32.2 Å². The molecule has 2 rings (SSSR count). The van der Waals surface area contributed by atoms with Gasteiger partial charge in [0.2, 0.25) is 5.91 Å². The Morgan fingerprint density at radius 1 is 1.23 bits per heavy atom. The first-order chi connectivity index (χ1) is 12.3. The molecule has 1 amide bonds. The van der Waals surface area contributed by atoms with E-state index in [1.165, 1.54) is 11.3 Å². The van der Waals surface area contributed by atoms with E-state index in [9.17, 15) is 14.4 Å². The zero-order valence-electron chi connectivity index (χ0n) is 15.0. The summed E-state index contributed by atoms with van der Waals surface area (Å²) in [5.41, 5.74) is 1.67. The number of nitrogens with zero attached hydrogens (tertiary/aromatic N) is 2. The van der Waals surface area contributed by atoms with Crippen molar-refractivity contribution in [3.8, 4) is 0 Å². The molecular formula is C16H20N4O4S2. The van der Waals surface area contributed by atoms with Gasteiger partial charge >= 0.3 is 5.97 Å². The second-order valence-corrected chi connectivity index (χ2v) is 7.48. The van der Waals surface area contributed by atoms with E-state index < -0.39 is 0 Å². The molecule has 0 unspecified atom stereocenters. The molecule has 0 aliphatic rings. The van der Waals surface area contributed by atoms with Gasteiger partial charge < -0.3 is 15.0 Å². The topological polar surface area (TPSA) is 114 Å². The van der Waals surface area contributed by atoms with Crippen LogP contribution < -0.4 is 10.9 Å². The standard InChI is InChI=1S/C16H20N4O4S2/c1-5-24-13(22)6-11-10(4)18-16(26-11)19-12(21)7-25-15-17-9(3)8(2)14(23)20-15/h5-7H2,1-4H3,(H,17,20,23)(H,18,19,21). The Morgan fingerprint density at radius 3 is 2.62 bits per heavy atom. The molecule has 2 N–H and O–H groups in total. The number of amides is 1. The Kier molecular flexibility index (Phi) is 6.92. The summed E-state index contributed by atoms with van der Waals surface area (Å²) in [6.45, 7) is 7.29. The average Bonchev–Trinajstić information content (AvgIpc) is 2.89. The van der Waals surface area contributed by atoms with Crippen LogP contribution in [0.3, 0.4) is 0 Å². The zero-order chi connectivity index (χ0) is 19.3. The normalized spacial score (nSPS) is 10.6. The molecule has 8 nitrogen and oxygen atoms in total. The first-order valence-electron chi connectivity index (χ1n) is 7.92. The third-order valence-electron chi connectivity index (χ3n) is 3.46. The van der Waals surface area contributed by atoms with Gasteiger partial charge in [0.1, 0.15) is 0 Å². The Morgan fingerprint density at radius 2 is 1.96 bits per heavy atom. The smallest absolute Gasteiger partial charge is 0.311 e. The van der Waals surface area contributed by atoms with E-state index in [4.69, 9.17) is 4.74 Å². The fraction of sp³-hybridized carbons (Fsp3) is 0.438. The molecule has 0 atom stereocenters. The van der Waals surface area contributed by atoms with Crippen molar-refractivity contribution in [1.82, 2.24) is 15.0 Å². The summed E-state index contributed by atoms with van der Waals surface area (Å²) in [6.07, 6.45) is 0.135. The molecule has 0 saturated heterocycles. The lowest BCUT2D eigenvalue weighted by molar-refractivity contribution is -0.142. The SMILES string of the molecule is CCOC(=O)Cc1sc(NC(=O)CSc2nc(C)c(C)c(=O)[nH]2)nc1C. The number of carbonyl (C=O) groups is 2. The minimum Gasteiger partial charge on any atom is -0.466 e. The summed E-state index contributed by atoms with van der Waals surface area (Å²) in [5.74, 6) is -0.512. The molecule has 0 aliphatic carbocycles. The molecular weight excluding hydrogens is 376 g/mol. The fourth-order valence-corrected chi connectivity index (χ4v) is 3.64. The molecule has 26 heavy (non-hydrogen) atoms. The van der Waals surface area contributed by atoms with Gasteiger partial charge in [0.25, 0.3) is 5.56 Å². The highest BCUT2D eigenvalue weighted by atomic mass is 32.2. The van der Waals surface area contributed by atoms with Gasteiger partial charge in [-0.2, -0.15) is 0 Å². The highest BCUT2D eigenvalue weighted by molar-refractivity contribution is 7.99. The van der Waals surface area contributed by atoms with Crippen LogP contribution in [0.2, 0.25) is 0 Å². The van der Waals surface area contributed by atoms with Gasteiger partial charge in [0.15, 0.2) is 10.3 Å². The minimum absolute atomic E-state index is 0.0806. The quantitative estimate of drug-likeness (QED) is 0.418. The third-order valence-corrected chi connectivity index (χ3v) is 5.41. The molecule has 0 aliphatic heterocycles. The summed E-state index contributed by atoms with van der Waals surface area (Å²) in [4.78, 5) is 47.3. The van der Waals surface area contributed by atoms with Crippen LogP contribution in [0.15, 0.2) is 9.95 Å². The van der Waals surface area contributed by atoms with Crippen molar-refractivity contribution in [3.63, 3.8) is 0 Å². The summed E-state index contributed by atoms with van der Waals surface area (Å²) >= 11 is 2.38. The monoisotopic (exact) mass is 396 g/mol. The molecule has 2 heterocycles. The van der Waals surface area contributed by atoms with Crippen LogP contribution in [0, 0.1) is 20.8 Å². The summed E-state index contributed by atoms with van der Waals surface area (Å²) < 4.78 is 4.92. The van der Waals surface area contributed by atoms with Crippen molar-refractivity contribution in [2.75, 3.05) is 17.7 Å². The lowest BCUT2D eigenvalue weighted by Crippen LogP contribution is -2.17. The van der Waals surface area contributed by atoms with Gasteiger partial charge in [-0.1, -0.05) is 11.8 Å². The summed E-state index contributed by atoms with van der Waals surface area (Å²) in [6, 6.07) is 0. The lowest BCUT2D eigenvalue weighted by atomic mass is 10.3. The molecule has 0 saturated carbocycles. The van der Waals surface area contributed by atoms with Gasteiger partial charge in [-0.3, -0.25) is 14.4 Å². The number of carbonyl (C=O) groups excluding carboxylic acids is 2. The molecule has 0 aromatic carbocycles. The van der Waals surface area contributed by atoms with Crippen LogP contribution >= 0.6 is 23.1 Å². The minimum atomic E-state index is -0.322. The van der Waals surface area contributed by atoms with Crippen molar-refractivity contribution in [2.24, 2.45) is 0 Å². The average molecular weight is 396 g/mol. The van der Waals surface area contributed by atoms with Crippen molar-refractivity contribution in [2.45, 2.75) is 39.3 Å². The molecule has 2 aromatic rings. The van der Waals surface area contributed by atoms with Gasteiger partial charge in [-0.25, -0.2) is 9.97 Å². The molecule has 0 spiro atoms. The van der Waals surface area contributed by atoms with Crippen LogP contribution in [-0.4, -0.2) is 39.2 Å². The lowest BCUT2D eigenvalue weighted by Gasteiger charge is -2.04. The number of esters is 1. The summed E-state index contributed by atoms with van der Waals surface area (Å²) in [5, 5.41) is 3.51. The number of aromatic amines is 1. The van der Waals surface area contributed by atoms with Crippen LogP contribution in [-0.2, 0) is 20.7 Å². The number of H-pyrrole nitrogens is 1. The second-order valence-electron chi connectivity index (χ2n) is 5.43. The van der Waals surface area contributed by atoms with Crippen molar-refractivity contribution in [1.29, 1.82) is 0 Å². The molecule has 0 radical (unpaired) electrons. The maximum Gasteiger partial charge on any atom is 0.311 e. The van der Waals surface area contributed by atoms with E-state index in [0.29, 0.717) is 33.8 Å². The third kappa shape index (κ3) is 5.40. The number of aromatic nitrogens is 3. The molecule has 0 fully saturated rings. The molecule has 140 valence electrons. The van der Waals surface area contributed by atoms with E-state index in [1.54, 1.807) is 27.7 Å². The van der Waals surface area contributed by atoms with E-state index in [1.807, 2.05) is 0 Å². The van der Waals surface area contributed by atoms with Crippen LogP contribution in [0.4, 0.5) is 5.13 Å². The second kappa shape index (κ2) is 8.95. The van der Waals surface area contributed by atoms with Crippen LogP contribution in [0.25, 0.3) is 0 Å². The zero-order valence-corrected chi connectivity index (χ0v) is 16.6. The first kappa shape index (κ1) is 20.1. The molecule has 0 bridgehead atoms. The number of thiazole rings is 1. The van der Waals surface area contributed by atoms with E-state index in [-0.39, 0.29) is 29.6 Å². The van der Waals surface area contributed by atoms with Gasteiger partial charge in [0.05, 0.1) is 24.5 Å². The number of rotatable bonds is 7. The predicted octanol–water partition coefficient (Wildman–Crippen LogP) is 1.99. The largest absolute Gasteiger partial charge is 0.466 e. The number of aryl methyl sites for hydroxylation is 2. The van der Waals surface area contributed by atoms with Crippen molar-refractivity contribution >= 4 is 40.1 Å². The van der Waals surface area contributed by atoms with Gasteiger partial charge in [-0.15, -0.1) is 11.3 Å². The van der Waals surface area contributed by atoms with Crippen molar-refractivity contribution < 1.29 is 14.3 Å². The number of nitrogens with one attached hydrogen (secondary N) is 2.